The van der Waals surface area contributed by atoms with Crippen LogP contribution in [0.4, 0.5) is 0 Å². The summed E-state index contributed by atoms with van der Waals surface area (Å²) in [5, 5.41) is 3.52. The highest BCUT2D eigenvalue weighted by atomic mass is 79.9. The lowest BCUT2D eigenvalue weighted by Gasteiger charge is -2.23. The van der Waals surface area contributed by atoms with E-state index in [1.807, 2.05) is 18.2 Å². The van der Waals surface area contributed by atoms with Crippen LogP contribution in [0.5, 0.6) is 5.75 Å². The molecule has 1 fully saturated rings. The Kier molecular flexibility index (Phi) is 6.08. The number of rotatable bonds is 5. The lowest BCUT2D eigenvalue weighted by atomic mass is 10.1. The van der Waals surface area contributed by atoms with E-state index in [4.69, 9.17) is 11.2 Å². The zero-order chi connectivity index (χ0) is 14.4. The van der Waals surface area contributed by atoms with Gasteiger partial charge < -0.3 is 10.1 Å². The topological polar surface area (TPSA) is 38.3 Å². The van der Waals surface area contributed by atoms with Crippen molar-refractivity contribution in [3.63, 3.8) is 0 Å². The number of ether oxygens (including phenoxy) is 1. The van der Waals surface area contributed by atoms with Gasteiger partial charge in [0.05, 0.1) is 0 Å². The summed E-state index contributed by atoms with van der Waals surface area (Å²) in [6, 6.07) is 6.35. The maximum Gasteiger partial charge on any atom is 0.148 e. The quantitative estimate of drug-likeness (QED) is 0.824. The zero-order valence-electron chi connectivity index (χ0n) is 11.2. The molecule has 2 rings (SSSR count). The molecule has 20 heavy (non-hydrogen) atoms. The molecule has 0 bridgehead atoms. The third-order valence-corrected chi connectivity index (χ3v) is 5.18. The molecule has 108 valence electrons. The molecule has 1 aliphatic heterocycles. The third-order valence-electron chi connectivity index (χ3n) is 3.30. The van der Waals surface area contributed by atoms with Gasteiger partial charge in [0.1, 0.15) is 12.4 Å². The summed E-state index contributed by atoms with van der Waals surface area (Å²) in [7, 11) is -0.616. The van der Waals surface area contributed by atoms with Gasteiger partial charge in [-0.1, -0.05) is 21.9 Å². The summed E-state index contributed by atoms with van der Waals surface area (Å²) < 4.78 is 17.9. The van der Waals surface area contributed by atoms with E-state index >= 15 is 0 Å². The number of hydrogen-bond acceptors (Lipinski definition) is 3. The van der Waals surface area contributed by atoms with Gasteiger partial charge in [0.2, 0.25) is 0 Å². The Morgan fingerprint density at radius 2 is 2.20 bits per heavy atom. The smallest absolute Gasteiger partial charge is 0.148 e. The highest BCUT2D eigenvalue weighted by Gasteiger charge is 2.17. The second kappa shape index (κ2) is 7.82. The van der Waals surface area contributed by atoms with Gasteiger partial charge in [-0.05, 0) is 31.0 Å². The maximum absolute atomic E-state index is 11.3. The Morgan fingerprint density at radius 3 is 2.90 bits per heavy atom. The average molecular weight is 356 g/mol. The predicted octanol–water partition coefficient (Wildman–Crippen LogP) is 2.46. The monoisotopic (exact) mass is 355 g/mol. The van der Waals surface area contributed by atoms with Crippen molar-refractivity contribution >= 4 is 26.7 Å². The van der Waals surface area contributed by atoms with Crippen LogP contribution in [0, 0.1) is 12.3 Å². The minimum Gasteiger partial charge on any atom is -0.481 e. The van der Waals surface area contributed by atoms with Gasteiger partial charge in [0, 0.05) is 44.9 Å². The van der Waals surface area contributed by atoms with E-state index in [2.05, 4.69) is 27.2 Å². The molecule has 5 heteroatoms. The van der Waals surface area contributed by atoms with Crippen molar-refractivity contribution in [2.75, 3.05) is 18.1 Å². The van der Waals surface area contributed by atoms with Gasteiger partial charge in [-0.2, -0.15) is 0 Å². The van der Waals surface area contributed by atoms with Crippen LogP contribution in [-0.4, -0.2) is 28.4 Å². The molecule has 0 aliphatic carbocycles. The summed E-state index contributed by atoms with van der Waals surface area (Å²) in [4.78, 5) is 0. The lowest BCUT2D eigenvalue weighted by Crippen LogP contribution is -2.35. The van der Waals surface area contributed by atoms with E-state index in [-0.39, 0.29) is 6.61 Å². The highest BCUT2D eigenvalue weighted by molar-refractivity contribution is 9.10. The summed E-state index contributed by atoms with van der Waals surface area (Å²) in [5.74, 6) is 4.90. The van der Waals surface area contributed by atoms with Crippen molar-refractivity contribution in [1.82, 2.24) is 5.32 Å². The Balaban J connectivity index is 1.95. The van der Waals surface area contributed by atoms with Crippen LogP contribution in [0.15, 0.2) is 22.7 Å². The predicted molar refractivity (Wildman–Crippen MR) is 86.2 cm³/mol. The van der Waals surface area contributed by atoms with E-state index in [1.54, 1.807) is 0 Å². The normalized spacial score (nSPS) is 22.2. The van der Waals surface area contributed by atoms with Crippen LogP contribution >= 0.6 is 15.9 Å². The van der Waals surface area contributed by atoms with Gasteiger partial charge in [-0.25, -0.2) is 0 Å². The molecule has 1 N–H and O–H groups in total. The van der Waals surface area contributed by atoms with Gasteiger partial charge in [-0.15, -0.1) is 6.42 Å². The molecular weight excluding hydrogens is 338 g/mol. The number of nitrogens with one attached hydrogen (secondary N) is 1. The first-order valence-electron chi connectivity index (χ1n) is 6.62. The van der Waals surface area contributed by atoms with Crippen molar-refractivity contribution < 1.29 is 8.95 Å². The third kappa shape index (κ3) is 4.62. The molecule has 0 atom stereocenters. The Labute approximate surface area is 131 Å². The fourth-order valence-corrected chi connectivity index (χ4v) is 3.91. The first-order valence-corrected chi connectivity index (χ1v) is 8.90. The molecule has 0 aromatic heterocycles. The number of terminal acetylenes is 1. The zero-order valence-corrected chi connectivity index (χ0v) is 13.6. The van der Waals surface area contributed by atoms with E-state index < -0.39 is 10.8 Å². The van der Waals surface area contributed by atoms with Crippen LogP contribution < -0.4 is 10.1 Å². The molecule has 1 aliphatic rings. The summed E-state index contributed by atoms with van der Waals surface area (Å²) >= 11 is 3.47. The van der Waals surface area contributed by atoms with Gasteiger partial charge in [0.25, 0.3) is 0 Å². The van der Waals surface area contributed by atoms with Crippen LogP contribution in [-0.2, 0) is 17.3 Å². The molecule has 1 aromatic carbocycles. The molecule has 0 amide bonds. The Bertz CT molecular complexity index is 517. The van der Waals surface area contributed by atoms with Crippen molar-refractivity contribution in [2.24, 2.45) is 0 Å². The second-order valence-corrected chi connectivity index (χ2v) is 7.36. The minimum atomic E-state index is -0.616. The molecule has 0 radical (unpaired) electrons. The van der Waals surface area contributed by atoms with Gasteiger partial charge in [-0.3, -0.25) is 4.21 Å². The van der Waals surface area contributed by atoms with Crippen LogP contribution in [0.1, 0.15) is 18.4 Å². The number of benzene rings is 1. The molecule has 0 saturated carbocycles. The SMILES string of the molecule is C#CCOc1ccc(Br)cc1CNC1CCS(=O)CC1. The molecule has 1 heterocycles. The molecule has 3 nitrogen and oxygen atoms in total. The molecule has 0 spiro atoms. The first-order chi connectivity index (χ1) is 9.69. The van der Waals surface area contributed by atoms with Crippen LogP contribution in [0.2, 0.25) is 0 Å². The number of hydrogen-bond donors (Lipinski definition) is 1. The minimum absolute atomic E-state index is 0.275. The van der Waals surface area contributed by atoms with Crippen molar-refractivity contribution in [3.05, 3.63) is 28.2 Å². The fourth-order valence-electron chi connectivity index (χ4n) is 2.20. The average Bonchev–Trinajstić information content (AvgIpc) is 2.46. The lowest BCUT2D eigenvalue weighted by molar-refractivity contribution is 0.362. The van der Waals surface area contributed by atoms with E-state index in [0.717, 1.165) is 46.7 Å². The van der Waals surface area contributed by atoms with E-state index in [9.17, 15) is 4.21 Å². The highest BCUT2D eigenvalue weighted by Crippen LogP contribution is 2.23. The standard InChI is InChI=1S/C15H18BrNO2S/c1-2-7-19-15-4-3-13(16)10-12(15)11-17-14-5-8-20(18)9-6-14/h1,3-4,10,14,17H,5-9,11H2. The fraction of sp³-hybridized carbons (Fsp3) is 0.467. The molecular formula is C15H18BrNO2S. The Morgan fingerprint density at radius 1 is 1.45 bits per heavy atom. The van der Waals surface area contributed by atoms with E-state index in [1.165, 1.54) is 0 Å². The summed E-state index contributed by atoms with van der Waals surface area (Å²) in [6.45, 7) is 1.01. The maximum atomic E-state index is 11.3. The van der Waals surface area contributed by atoms with Crippen molar-refractivity contribution in [2.45, 2.75) is 25.4 Å². The van der Waals surface area contributed by atoms with Gasteiger partial charge in [0.15, 0.2) is 0 Å². The summed E-state index contributed by atoms with van der Waals surface area (Å²) in [6.07, 6.45) is 7.18. The van der Waals surface area contributed by atoms with Crippen molar-refractivity contribution in [3.8, 4) is 18.1 Å². The van der Waals surface area contributed by atoms with E-state index in [0.29, 0.717) is 6.04 Å². The molecule has 1 saturated heterocycles. The van der Waals surface area contributed by atoms with Crippen LogP contribution in [0.3, 0.4) is 0 Å². The second-order valence-electron chi connectivity index (χ2n) is 4.75. The summed E-state index contributed by atoms with van der Waals surface area (Å²) in [5.41, 5.74) is 1.08. The molecule has 0 unspecified atom stereocenters. The van der Waals surface area contributed by atoms with Crippen molar-refractivity contribution in [1.29, 1.82) is 0 Å². The first kappa shape index (κ1) is 15.6. The largest absolute Gasteiger partial charge is 0.481 e. The van der Waals surface area contributed by atoms with Crippen LogP contribution in [0.25, 0.3) is 0 Å². The number of halogens is 1. The Hall–Kier alpha value is -0.830. The van der Waals surface area contributed by atoms with Gasteiger partial charge >= 0.3 is 0 Å². The molecule has 1 aromatic rings.